The molecule has 1 aromatic rings. The van der Waals surface area contributed by atoms with Crippen LogP contribution in [0.5, 0.6) is 5.75 Å². The first-order chi connectivity index (χ1) is 9.77. The van der Waals surface area contributed by atoms with E-state index in [4.69, 9.17) is 4.74 Å². The molecule has 0 amide bonds. The smallest absolute Gasteiger partial charge is 0.425 e. The largest absolute Gasteiger partial charge is 2.00 e. The van der Waals surface area contributed by atoms with Crippen LogP contribution in [-0.2, 0) is 21.9 Å². The average Bonchev–Trinajstić information content (AvgIpc) is 3.17. The van der Waals surface area contributed by atoms with Gasteiger partial charge in [0.2, 0.25) is 0 Å². The zero-order valence-electron chi connectivity index (χ0n) is 11.1. The van der Waals surface area contributed by atoms with Gasteiger partial charge in [-0.05, 0) is 92.5 Å². The molecule has 2 aliphatic carbocycles. The number of carbonyl (C=O) groups excluding carboxylic acids is 1. The van der Waals surface area contributed by atoms with Gasteiger partial charge < -0.3 is 4.74 Å². The van der Waals surface area contributed by atoms with Gasteiger partial charge in [0.1, 0.15) is 5.75 Å². The van der Waals surface area contributed by atoms with Gasteiger partial charge in [0, 0.05) is 0 Å². The Morgan fingerprint density at radius 3 is 1.90 bits per heavy atom. The fraction of sp³-hybridized carbons (Fsp3) is 0. The topological polar surface area (TPSA) is 26.3 Å². The first-order valence-corrected chi connectivity index (χ1v) is 7.20. The van der Waals surface area contributed by atoms with Crippen LogP contribution in [0.4, 0.5) is 0 Å². The summed E-state index contributed by atoms with van der Waals surface area (Å²) in [6.07, 6.45) is 17.1. The van der Waals surface area contributed by atoms with Crippen LogP contribution in [0.25, 0.3) is 0 Å². The van der Waals surface area contributed by atoms with Crippen molar-refractivity contribution in [2.75, 3.05) is 0 Å². The van der Waals surface area contributed by atoms with Crippen LogP contribution in [0.2, 0.25) is 0 Å². The Balaban J connectivity index is 0.000000313. The van der Waals surface area contributed by atoms with Crippen molar-refractivity contribution >= 4 is 28.6 Å². The van der Waals surface area contributed by atoms with Crippen LogP contribution >= 0.6 is 22.6 Å². The number of halogens is 1. The predicted molar refractivity (Wildman–Crippen MR) is 86.7 cm³/mol. The average molecular weight is 432 g/mol. The molecule has 0 unspecified atom stereocenters. The molecule has 0 atom stereocenters. The van der Waals surface area contributed by atoms with E-state index in [1.54, 1.807) is 18.9 Å². The summed E-state index contributed by atoms with van der Waals surface area (Å²) >= 11 is 2.13. The molecular formula is C17H13FeIO2+2. The number of para-hydroxylation sites is 1. The minimum Gasteiger partial charge on any atom is -0.425 e. The SMILES string of the molecule is O=C(Oc1ccccc1I)[C]1[CH][CH][CH][CH]1.[CH]1[CH][CH][CH][CH]1.[Fe+2]. The number of ether oxygens (including phenoxy) is 1. The molecule has 0 heterocycles. The summed E-state index contributed by atoms with van der Waals surface area (Å²) in [5, 5.41) is 0. The summed E-state index contributed by atoms with van der Waals surface area (Å²) in [6.45, 7) is 0. The third-order valence-corrected chi connectivity index (χ3v) is 3.38. The monoisotopic (exact) mass is 432 g/mol. The number of benzene rings is 1. The molecule has 2 nitrogen and oxygen atoms in total. The zero-order chi connectivity index (χ0) is 14.2. The van der Waals surface area contributed by atoms with Crippen LogP contribution in [0.1, 0.15) is 0 Å². The molecule has 0 spiro atoms. The van der Waals surface area contributed by atoms with Crippen molar-refractivity contribution in [2.24, 2.45) is 0 Å². The second-order valence-electron chi connectivity index (χ2n) is 3.96. The van der Waals surface area contributed by atoms with E-state index in [1.165, 1.54) is 0 Å². The number of hydrogen-bond donors (Lipinski definition) is 0. The fourth-order valence-corrected chi connectivity index (χ4v) is 2.01. The van der Waals surface area contributed by atoms with Crippen LogP contribution in [0.15, 0.2) is 24.3 Å². The maximum atomic E-state index is 11.6. The third kappa shape index (κ3) is 6.70. The predicted octanol–water partition coefficient (Wildman–Crippen LogP) is 3.62. The van der Waals surface area contributed by atoms with E-state index >= 15 is 0 Å². The summed E-state index contributed by atoms with van der Waals surface area (Å²) in [4.78, 5) is 11.6. The standard InChI is InChI=1S/C12H8IO2.C5H5.Fe/c13-10-7-3-4-8-11(10)15-12(14)9-5-1-2-6-9;1-2-4-5-3-1;/h1-8H;1-5H;/q;;+2. The second-order valence-corrected chi connectivity index (χ2v) is 5.12. The van der Waals surface area contributed by atoms with Gasteiger partial charge in [-0.15, -0.1) is 0 Å². The van der Waals surface area contributed by atoms with E-state index in [0.29, 0.717) is 11.7 Å². The van der Waals surface area contributed by atoms with Gasteiger partial charge in [-0.1, -0.05) is 12.1 Å². The molecule has 0 aliphatic heterocycles. The third-order valence-electron chi connectivity index (χ3n) is 2.49. The number of esters is 1. The Kier molecular flexibility index (Phi) is 9.61. The first-order valence-electron chi connectivity index (χ1n) is 6.12. The van der Waals surface area contributed by atoms with Gasteiger partial charge in [0.15, 0.2) is 0 Å². The quantitative estimate of drug-likeness (QED) is 0.309. The first kappa shape index (κ1) is 19.0. The molecule has 0 aromatic heterocycles. The van der Waals surface area contributed by atoms with Gasteiger partial charge in [-0.3, -0.25) is 4.79 Å². The molecule has 2 fully saturated rings. The molecule has 0 N–H and O–H groups in total. The Bertz CT molecular complexity index is 419. The van der Waals surface area contributed by atoms with Crippen LogP contribution < -0.4 is 4.74 Å². The molecule has 21 heavy (non-hydrogen) atoms. The maximum Gasteiger partial charge on any atom is 2.00 e. The maximum absolute atomic E-state index is 11.6. The molecule has 2 saturated carbocycles. The van der Waals surface area contributed by atoms with E-state index in [-0.39, 0.29) is 23.0 Å². The summed E-state index contributed by atoms with van der Waals surface area (Å²) in [5.41, 5.74) is 0. The van der Waals surface area contributed by atoms with Gasteiger partial charge in [-0.2, -0.15) is 0 Å². The van der Waals surface area contributed by atoms with E-state index in [2.05, 4.69) is 22.6 Å². The van der Waals surface area contributed by atoms with Crippen molar-refractivity contribution in [3.8, 4) is 5.75 Å². The number of rotatable bonds is 2. The van der Waals surface area contributed by atoms with E-state index < -0.39 is 0 Å². The van der Waals surface area contributed by atoms with Crippen molar-refractivity contribution in [1.29, 1.82) is 0 Å². The van der Waals surface area contributed by atoms with Crippen molar-refractivity contribution < 1.29 is 26.6 Å². The minimum atomic E-state index is -0.316. The van der Waals surface area contributed by atoms with Crippen molar-refractivity contribution in [3.05, 3.63) is 91.5 Å². The van der Waals surface area contributed by atoms with E-state index in [0.717, 1.165) is 3.57 Å². The molecule has 0 saturated heterocycles. The van der Waals surface area contributed by atoms with Crippen molar-refractivity contribution in [1.82, 2.24) is 0 Å². The number of hydrogen-bond acceptors (Lipinski definition) is 2. The molecule has 3 rings (SSSR count). The zero-order valence-corrected chi connectivity index (χ0v) is 14.3. The van der Waals surface area contributed by atoms with Crippen molar-refractivity contribution in [3.63, 3.8) is 0 Å². The van der Waals surface area contributed by atoms with Gasteiger partial charge in [-0.25, -0.2) is 0 Å². The Labute approximate surface area is 152 Å². The Hall–Kier alpha value is -0.0605. The molecule has 4 heteroatoms. The second kappa shape index (κ2) is 10.6. The van der Waals surface area contributed by atoms with Gasteiger partial charge in [0.05, 0.1) is 9.49 Å². The van der Waals surface area contributed by atoms with Gasteiger partial charge in [0.25, 0.3) is 0 Å². The summed E-state index contributed by atoms with van der Waals surface area (Å²) in [7, 11) is 0. The minimum absolute atomic E-state index is 0. The molecule has 0 bridgehead atoms. The Morgan fingerprint density at radius 2 is 1.38 bits per heavy atom. The van der Waals surface area contributed by atoms with Crippen LogP contribution in [-0.4, -0.2) is 5.97 Å². The Morgan fingerprint density at radius 1 is 0.857 bits per heavy atom. The summed E-state index contributed by atoms with van der Waals surface area (Å²) in [6, 6.07) is 7.42. The fourth-order valence-electron chi connectivity index (χ4n) is 1.52. The normalized spacial score (nSPS) is 17.6. The van der Waals surface area contributed by atoms with E-state index in [1.807, 2.05) is 63.1 Å². The van der Waals surface area contributed by atoms with Gasteiger partial charge >= 0.3 is 23.0 Å². The summed E-state index contributed by atoms with van der Waals surface area (Å²) < 4.78 is 6.17. The van der Waals surface area contributed by atoms with Crippen molar-refractivity contribution in [2.45, 2.75) is 0 Å². The molecule has 10 radical (unpaired) electrons. The molecule has 2 aliphatic rings. The number of carbonyl (C=O) groups is 1. The van der Waals surface area contributed by atoms with Crippen LogP contribution in [0.3, 0.4) is 0 Å². The van der Waals surface area contributed by atoms with Crippen LogP contribution in [0, 0.1) is 67.3 Å². The molecule has 106 valence electrons. The molecular weight excluding hydrogens is 419 g/mol. The summed E-state index contributed by atoms with van der Waals surface area (Å²) in [5.74, 6) is 0.864. The van der Waals surface area contributed by atoms with E-state index in [9.17, 15) is 4.79 Å². The molecule has 1 aromatic carbocycles.